The van der Waals surface area contributed by atoms with Gasteiger partial charge in [0.15, 0.2) is 5.78 Å². The maximum absolute atomic E-state index is 13.0. The first-order chi connectivity index (χ1) is 13.8. The van der Waals surface area contributed by atoms with Gasteiger partial charge in [-0.3, -0.25) is 4.79 Å². The molecule has 0 spiro atoms. The summed E-state index contributed by atoms with van der Waals surface area (Å²) in [7, 11) is 0. The Labute approximate surface area is 165 Å². The molecule has 3 aromatic carbocycles. The number of ether oxygens (including phenoxy) is 1. The van der Waals surface area contributed by atoms with Crippen LogP contribution in [0.25, 0.3) is 16.3 Å². The van der Waals surface area contributed by atoms with Gasteiger partial charge in [-0.25, -0.2) is 0 Å². The van der Waals surface area contributed by atoms with Gasteiger partial charge in [0.1, 0.15) is 5.75 Å². The van der Waals surface area contributed by atoms with E-state index in [-0.39, 0.29) is 11.8 Å². The molecule has 0 radical (unpaired) electrons. The monoisotopic (exact) mass is 369 g/mol. The van der Waals surface area contributed by atoms with E-state index in [0.717, 1.165) is 40.8 Å². The highest BCUT2D eigenvalue weighted by atomic mass is 16.5. The van der Waals surface area contributed by atoms with Crippen molar-refractivity contribution < 1.29 is 9.53 Å². The Morgan fingerprint density at radius 2 is 1.82 bits per heavy atom. The standard InChI is InChI=1S/C25H23NO2/c1-2-28-18-13-10-17(11-14-18)25-20-8-5-9-22(27)24(20)23-19-7-4-3-6-16(19)12-15-21(23)26-25/h3-4,6-7,10-15,25-26H,2,5,8-9H2,1H3/t25-/m1/s1. The zero-order valence-electron chi connectivity index (χ0n) is 16.0. The minimum atomic E-state index is 0.0311. The number of fused-ring (bicyclic) bond motifs is 4. The molecule has 0 fully saturated rings. The number of Topliss-reactive ketones (excluding diaryl/α,β-unsaturated/α-hetero) is 1. The van der Waals surface area contributed by atoms with E-state index < -0.39 is 0 Å². The highest BCUT2D eigenvalue weighted by molar-refractivity contribution is 6.27. The van der Waals surface area contributed by atoms with E-state index >= 15 is 0 Å². The van der Waals surface area contributed by atoms with Gasteiger partial charge in [-0.15, -0.1) is 0 Å². The molecule has 3 heteroatoms. The summed E-state index contributed by atoms with van der Waals surface area (Å²) in [6.07, 6.45) is 2.51. The molecule has 0 amide bonds. The van der Waals surface area contributed by atoms with Crippen molar-refractivity contribution in [1.82, 2.24) is 0 Å². The van der Waals surface area contributed by atoms with E-state index in [1.165, 1.54) is 16.5 Å². The van der Waals surface area contributed by atoms with E-state index in [2.05, 4.69) is 47.8 Å². The maximum atomic E-state index is 13.0. The number of benzene rings is 3. The van der Waals surface area contributed by atoms with E-state index in [1.807, 2.05) is 25.1 Å². The average Bonchev–Trinajstić information content (AvgIpc) is 2.74. The number of hydrogen-bond donors (Lipinski definition) is 1. The largest absolute Gasteiger partial charge is 0.494 e. The van der Waals surface area contributed by atoms with Crippen molar-refractivity contribution in [3.05, 3.63) is 77.4 Å². The quantitative estimate of drug-likeness (QED) is 0.623. The summed E-state index contributed by atoms with van der Waals surface area (Å²) >= 11 is 0. The molecule has 0 saturated carbocycles. The van der Waals surface area contributed by atoms with Gasteiger partial charge in [-0.05, 0) is 59.9 Å². The second kappa shape index (κ2) is 6.83. The molecule has 5 rings (SSSR count). The average molecular weight is 369 g/mol. The number of hydrogen-bond acceptors (Lipinski definition) is 3. The zero-order chi connectivity index (χ0) is 19.1. The van der Waals surface area contributed by atoms with Gasteiger partial charge in [0.2, 0.25) is 0 Å². The summed E-state index contributed by atoms with van der Waals surface area (Å²) in [5.74, 6) is 1.15. The third-order valence-electron chi connectivity index (χ3n) is 5.80. The molecular formula is C25H23NO2. The maximum Gasteiger partial charge on any atom is 0.163 e. The first kappa shape index (κ1) is 17.1. The summed E-state index contributed by atoms with van der Waals surface area (Å²) in [6.45, 7) is 2.65. The van der Waals surface area contributed by atoms with Crippen LogP contribution in [0.15, 0.2) is 66.2 Å². The Kier molecular flexibility index (Phi) is 4.16. The second-order valence-corrected chi connectivity index (χ2v) is 7.47. The van der Waals surface area contributed by atoms with Crippen LogP contribution in [0.1, 0.15) is 43.4 Å². The number of anilines is 1. The SMILES string of the molecule is CCOc1ccc([C@H]2Nc3ccc4ccccc4c3C3=C2CCCC3=O)cc1. The molecule has 1 atom stereocenters. The lowest BCUT2D eigenvalue weighted by molar-refractivity contribution is -0.114. The fourth-order valence-electron chi connectivity index (χ4n) is 4.57. The van der Waals surface area contributed by atoms with Gasteiger partial charge in [0.25, 0.3) is 0 Å². The number of carbonyl (C=O) groups is 1. The van der Waals surface area contributed by atoms with Gasteiger partial charge < -0.3 is 10.1 Å². The number of ketones is 1. The van der Waals surface area contributed by atoms with Crippen molar-refractivity contribution in [3.8, 4) is 5.75 Å². The molecule has 28 heavy (non-hydrogen) atoms. The molecule has 0 bridgehead atoms. The van der Waals surface area contributed by atoms with Crippen molar-refractivity contribution in [2.75, 3.05) is 11.9 Å². The first-order valence-corrected chi connectivity index (χ1v) is 10.0. The molecule has 0 unspecified atom stereocenters. The third-order valence-corrected chi connectivity index (χ3v) is 5.80. The van der Waals surface area contributed by atoms with Crippen LogP contribution >= 0.6 is 0 Å². The summed E-state index contributed by atoms with van der Waals surface area (Å²) in [5, 5.41) is 6.05. The van der Waals surface area contributed by atoms with Gasteiger partial charge in [-0.2, -0.15) is 0 Å². The normalized spacial score (nSPS) is 18.5. The minimum absolute atomic E-state index is 0.0311. The summed E-state index contributed by atoms with van der Waals surface area (Å²) in [6, 6.07) is 20.9. The minimum Gasteiger partial charge on any atom is -0.494 e. The Morgan fingerprint density at radius 3 is 2.64 bits per heavy atom. The van der Waals surface area contributed by atoms with Crippen LogP contribution in [-0.4, -0.2) is 12.4 Å². The van der Waals surface area contributed by atoms with Gasteiger partial charge in [-0.1, -0.05) is 42.5 Å². The Hall–Kier alpha value is -3.07. The van der Waals surface area contributed by atoms with E-state index in [9.17, 15) is 4.79 Å². The van der Waals surface area contributed by atoms with Crippen molar-refractivity contribution >= 4 is 27.8 Å². The van der Waals surface area contributed by atoms with Crippen LogP contribution in [0.5, 0.6) is 5.75 Å². The lowest BCUT2D eigenvalue weighted by Crippen LogP contribution is -2.25. The first-order valence-electron chi connectivity index (χ1n) is 10.0. The van der Waals surface area contributed by atoms with Crippen molar-refractivity contribution in [3.63, 3.8) is 0 Å². The molecule has 0 saturated heterocycles. The Bertz CT molecular complexity index is 1100. The Balaban J connectivity index is 1.68. The van der Waals surface area contributed by atoms with Crippen LogP contribution in [0.3, 0.4) is 0 Å². The lowest BCUT2D eigenvalue weighted by atomic mass is 9.77. The predicted octanol–water partition coefficient (Wildman–Crippen LogP) is 5.91. The zero-order valence-corrected chi connectivity index (χ0v) is 16.0. The molecule has 0 aromatic heterocycles. The highest BCUT2D eigenvalue weighted by Gasteiger charge is 2.34. The van der Waals surface area contributed by atoms with E-state index in [1.54, 1.807) is 0 Å². The predicted molar refractivity (Wildman–Crippen MR) is 114 cm³/mol. The molecule has 1 aliphatic heterocycles. The summed E-state index contributed by atoms with van der Waals surface area (Å²) in [5.41, 5.74) is 5.47. The smallest absolute Gasteiger partial charge is 0.163 e. The highest BCUT2D eigenvalue weighted by Crippen LogP contribution is 2.47. The molecule has 2 aliphatic rings. The van der Waals surface area contributed by atoms with Crippen LogP contribution in [0.4, 0.5) is 5.69 Å². The molecule has 3 nitrogen and oxygen atoms in total. The van der Waals surface area contributed by atoms with Crippen molar-refractivity contribution in [2.24, 2.45) is 0 Å². The molecule has 1 heterocycles. The fourth-order valence-corrected chi connectivity index (χ4v) is 4.57. The van der Waals surface area contributed by atoms with Crippen molar-refractivity contribution in [2.45, 2.75) is 32.2 Å². The second-order valence-electron chi connectivity index (χ2n) is 7.47. The van der Waals surface area contributed by atoms with Crippen molar-refractivity contribution in [1.29, 1.82) is 0 Å². The number of carbonyl (C=O) groups excluding carboxylic acids is 1. The number of allylic oxidation sites excluding steroid dienone is 1. The van der Waals surface area contributed by atoms with Crippen LogP contribution in [0.2, 0.25) is 0 Å². The molecule has 1 aliphatic carbocycles. The third kappa shape index (κ3) is 2.70. The molecule has 1 N–H and O–H groups in total. The number of nitrogens with one attached hydrogen (secondary N) is 1. The van der Waals surface area contributed by atoms with Gasteiger partial charge >= 0.3 is 0 Å². The van der Waals surface area contributed by atoms with Gasteiger partial charge in [0.05, 0.1) is 12.6 Å². The van der Waals surface area contributed by atoms with E-state index in [4.69, 9.17) is 4.74 Å². The Morgan fingerprint density at radius 1 is 1.00 bits per heavy atom. The number of rotatable bonds is 3. The fraction of sp³-hybridized carbons (Fsp3) is 0.240. The van der Waals surface area contributed by atoms with Crippen LogP contribution in [-0.2, 0) is 4.79 Å². The lowest BCUT2D eigenvalue weighted by Gasteiger charge is -2.35. The van der Waals surface area contributed by atoms with Gasteiger partial charge in [0, 0.05) is 23.2 Å². The van der Waals surface area contributed by atoms with E-state index in [0.29, 0.717) is 13.0 Å². The molecular weight excluding hydrogens is 346 g/mol. The van der Waals surface area contributed by atoms with Crippen LogP contribution in [0, 0.1) is 0 Å². The van der Waals surface area contributed by atoms with Crippen LogP contribution < -0.4 is 10.1 Å². The summed E-state index contributed by atoms with van der Waals surface area (Å²) in [4.78, 5) is 13.0. The molecule has 140 valence electrons. The topological polar surface area (TPSA) is 38.3 Å². The molecule has 3 aromatic rings. The summed E-state index contributed by atoms with van der Waals surface area (Å²) < 4.78 is 5.59.